The van der Waals surface area contributed by atoms with Gasteiger partial charge in [0.05, 0.1) is 28.6 Å². The zero-order chi connectivity index (χ0) is 28.5. The third kappa shape index (κ3) is 6.85. The van der Waals surface area contributed by atoms with E-state index in [0.29, 0.717) is 12.1 Å². The van der Waals surface area contributed by atoms with E-state index in [1.165, 1.54) is 11.1 Å². The van der Waals surface area contributed by atoms with Gasteiger partial charge in [-0.3, -0.25) is 25.5 Å². The monoisotopic (exact) mass is 547 g/mol. The highest BCUT2D eigenvalue weighted by atomic mass is 19.4. The van der Waals surface area contributed by atoms with Crippen LogP contribution in [0.3, 0.4) is 0 Å². The van der Waals surface area contributed by atoms with E-state index in [-0.39, 0.29) is 31.4 Å². The SMILES string of the molecule is CC(C)(C)C1CN(C(C(=O)NNc2cc(C(F)(F)F)cc(C(F)(F)F)c2)c2ccccn2)CCN1C(=O)O. The lowest BCUT2D eigenvalue weighted by Gasteiger charge is -2.47. The molecule has 0 aliphatic carbocycles. The molecule has 3 N–H and O–H groups in total. The van der Waals surface area contributed by atoms with Crippen LogP contribution in [-0.2, 0) is 17.1 Å². The lowest BCUT2D eigenvalue weighted by Crippen LogP contribution is -2.61. The molecule has 0 bridgehead atoms. The highest BCUT2D eigenvalue weighted by Gasteiger charge is 2.42. The number of aromatic nitrogens is 1. The molecule has 3 rings (SSSR count). The molecular weight excluding hydrogens is 520 g/mol. The Bertz CT molecular complexity index is 1120. The second-order valence-electron chi connectivity index (χ2n) is 9.92. The quantitative estimate of drug-likeness (QED) is 0.360. The third-order valence-corrected chi connectivity index (χ3v) is 6.16. The van der Waals surface area contributed by atoms with Gasteiger partial charge >= 0.3 is 18.4 Å². The van der Waals surface area contributed by atoms with Crippen molar-refractivity contribution in [1.82, 2.24) is 20.2 Å². The van der Waals surface area contributed by atoms with Crippen molar-refractivity contribution >= 4 is 17.7 Å². The first kappa shape index (κ1) is 29.0. The number of nitrogens with zero attached hydrogens (tertiary/aromatic N) is 3. The van der Waals surface area contributed by atoms with E-state index in [1.54, 1.807) is 23.1 Å². The van der Waals surface area contributed by atoms with Gasteiger partial charge in [-0.15, -0.1) is 0 Å². The van der Waals surface area contributed by atoms with Gasteiger partial charge in [0.25, 0.3) is 5.91 Å². The number of rotatable bonds is 5. The highest BCUT2D eigenvalue weighted by molar-refractivity contribution is 5.84. The number of pyridine rings is 1. The Labute approximate surface area is 214 Å². The van der Waals surface area contributed by atoms with Crippen molar-refractivity contribution in [3.8, 4) is 0 Å². The van der Waals surface area contributed by atoms with Gasteiger partial charge in [-0.2, -0.15) is 26.3 Å². The number of piperazine rings is 1. The number of amides is 2. The molecule has 1 aromatic carbocycles. The van der Waals surface area contributed by atoms with Crippen molar-refractivity contribution in [3.63, 3.8) is 0 Å². The maximum Gasteiger partial charge on any atom is 0.416 e. The molecule has 2 atom stereocenters. The van der Waals surface area contributed by atoms with Crippen molar-refractivity contribution in [3.05, 3.63) is 59.4 Å². The average molecular weight is 548 g/mol. The summed E-state index contributed by atoms with van der Waals surface area (Å²) < 4.78 is 79.2. The second kappa shape index (κ2) is 10.7. The van der Waals surface area contributed by atoms with Gasteiger partial charge in [0.15, 0.2) is 0 Å². The Kier molecular flexibility index (Phi) is 8.15. The minimum atomic E-state index is -5.05. The lowest BCUT2D eigenvalue weighted by molar-refractivity contribution is -0.143. The fourth-order valence-electron chi connectivity index (χ4n) is 4.26. The van der Waals surface area contributed by atoms with Gasteiger partial charge in [-0.1, -0.05) is 26.8 Å². The van der Waals surface area contributed by atoms with Crippen molar-refractivity contribution in [1.29, 1.82) is 0 Å². The molecule has 8 nitrogen and oxygen atoms in total. The summed E-state index contributed by atoms with van der Waals surface area (Å²) in [6, 6.07) is 4.03. The molecule has 2 amide bonds. The lowest BCUT2D eigenvalue weighted by atomic mass is 9.84. The van der Waals surface area contributed by atoms with Gasteiger partial charge in [-0.05, 0) is 35.7 Å². The largest absolute Gasteiger partial charge is 0.465 e. The first-order valence-corrected chi connectivity index (χ1v) is 11.5. The third-order valence-electron chi connectivity index (χ3n) is 6.16. The van der Waals surface area contributed by atoms with Crippen LogP contribution in [0.2, 0.25) is 0 Å². The standard InChI is InChI=1S/C24H27F6N5O3/c1-22(2,3)18-13-34(8-9-35(18)21(37)38)19(17-6-4-5-7-31-17)20(36)33-32-16-11-14(23(25,26)27)10-15(12-16)24(28,29)30/h4-7,10-12,18-19,32H,8-9,13H2,1-3H3,(H,33,36)(H,37,38). The Morgan fingerprint density at radius 1 is 1.00 bits per heavy atom. The number of hydrogen-bond donors (Lipinski definition) is 3. The molecule has 38 heavy (non-hydrogen) atoms. The number of hydrogen-bond acceptors (Lipinski definition) is 5. The van der Waals surface area contributed by atoms with Gasteiger partial charge in [0.2, 0.25) is 0 Å². The Hall–Kier alpha value is -3.55. The van der Waals surface area contributed by atoms with Crippen LogP contribution in [0.4, 0.5) is 36.8 Å². The van der Waals surface area contributed by atoms with Crippen LogP contribution in [0.15, 0.2) is 42.6 Å². The summed E-state index contributed by atoms with van der Waals surface area (Å²) >= 11 is 0. The Morgan fingerprint density at radius 2 is 1.61 bits per heavy atom. The van der Waals surface area contributed by atoms with Crippen LogP contribution in [0.25, 0.3) is 0 Å². The number of nitrogens with one attached hydrogen (secondary N) is 2. The molecule has 1 aliphatic rings. The number of carbonyl (C=O) groups excluding carboxylic acids is 1. The molecule has 0 spiro atoms. The molecule has 1 aliphatic heterocycles. The smallest absolute Gasteiger partial charge is 0.416 e. The molecular formula is C24H27F6N5O3. The number of carboxylic acid groups (broad SMARTS) is 1. The first-order valence-electron chi connectivity index (χ1n) is 11.5. The van der Waals surface area contributed by atoms with Crippen LogP contribution in [-0.4, -0.2) is 57.6 Å². The van der Waals surface area contributed by atoms with Crippen LogP contribution in [0.5, 0.6) is 0 Å². The van der Waals surface area contributed by atoms with E-state index in [2.05, 4.69) is 15.8 Å². The van der Waals surface area contributed by atoms with Crippen LogP contribution in [0.1, 0.15) is 43.6 Å². The van der Waals surface area contributed by atoms with Crippen molar-refractivity contribution in [2.24, 2.45) is 5.41 Å². The molecule has 1 aromatic heterocycles. The molecule has 1 saturated heterocycles. The van der Waals surface area contributed by atoms with E-state index in [4.69, 9.17) is 0 Å². The molecule has 2 unspecified atom stereocenters. The first-order chi connectivity index (χ1) is 17.5. The zero-order valence-electron chi connectivity index (χ0n) is 20.7. The summed E-state index contributed by atoms with van der Waals surface area (Å²) in [7, 11) is 0. The van der Waals surface area contributed by atoms with Crippen molar-refractivity contribution in [2.75, 3.05) is 25.1 Å². The highest BCUT2D eigenvalue weighted by Crippen LogP contribution is 2.37. The fourth-order valence-corrected chi connectivity index (χ4v) is 4.26. The minimum absolute atomic E-state index is 0.0156. The van der Waals surface area contributed by atoms with Gasteiger partial charge in [0, 0.05) is 25.8 Å². The summed E-state index contributed by atoms with van der Waals surface area (Å²) in [5, 5.41) is 9.64. The molecule has 208 valence electrons. The average Bonchev–Trinajstić information content (AvgIpc) is 2.81. The topological polar surface area (TPSA) is 97.8 Å². The van der Waals surface area contributed by atoms with Crippen molar-refractivity contribution in [2.45, 2.75) is 45.2 Å². The summed E-state index contributed by atoms with van der Waals surface area (Å²) in [5.74, 6) is -0.800. The van der Waals surface area contributed by atoms with E-state index >= 15 is 0 Å². The van der Waals surface area contributed by atoms with Crippen LogP contribution < -0.4 is 10.9 Å². The summed E-state index contributed by atoms with van der Waals surface area (Å²) in [4.78, 5) is 32.3. The van der Waals surface area contributed by atoms with Gasteiger partial charge < -0.3 is 10.0 Å². The molecule has 2 aromatic rings. The van der Waals surface area contributed by atoms with Crippen molar-refractivity contribution < 1.29 is 41.0 Å². The zero-order valence-corrected chi connectivity index (χ0v) is 20.7. The minimum Gasteiger partial charge on any atom is -0.465 e. The normalized spacial score (nSPS) is 18.1. The summed E-state index contributed by atoms with van der Waals surface area (Å²) in [6.07, 6.45) is -9.79. The molecule has 14 heteroatoms. The number of halogens is 6. The van der Waals surface area contributed by atoms with Crippen LogP contribution in [0, 0.1) is 5.41 Å². The predicted octanol–water partition coefficient (Wildman–Crippen LogP) is 5.01. The summed E-state index contributed by atoms with van der Waals surface area (Å²) in [5.41, 5.74) is 0.433. The molecule has 0 radical (unpaired) electrons. The number of anilines is 1. The van der Waals surface area contributed by atoms with Gasteiger partial charge in [0.1, 0.15) is 6.04 Å². The van der Waals surface area contributed by atoms with E-state index < -0.39 is 58.7 Å². The van der Waals surface area contributed by atoms with E-state index in [1.807, 2.05) is 20.8 Å². The Morgan fingerprint density at radius 3 is 2.08 bits per heavy atom. The van der Waals surface area contributed by atoms with E-state index in [0.717, 1.165) is 0 Å². The Balaban J connectivity index is 1.90. The fraction of sp³-hybridized carbons (Fsp3) is 0.458. The van der Waals surface area contributed by atoms with E-state index in [9.17, 15) is 41.0 Å². The number of carbonyl (C=O) groups is 2. The maximum atomic E-state index is 13.3. The molecule has 0 saturated carbocycles. The van der Waals surface area contributed by atoms with Crippen LogP contribution >= 0.6 is 0 Å². The second-order valence-corrected chi connectivity index (χ2v) is 9.92. The van der Waals surface area contributed by atoms with Gasteiger partial charge in [-0.25, -0.2) is 4.79 Å². The number of hydrazine groups is 1. The number of benzene rings is 1. The molecule has 1 fully saturated rings. The molecule has 2 heterocycles. The summed E-state index contributed by atoms with van der Waals surface area (Å²) in [6.45, 7) is 5.88. The maximum absolute atomic E-state index is 13.3. The number of alkyl halides is 6. The predicted molar refractivity (Wildman–Crippen MR) is 125 cm³/mol.